The summed E-state index contributed by atoms with van der Waals surface area (Å²) in [6.07, 6.45) is 1.74. The number of halogens is 1. The smallest absolute Gasteiger partial charge is 0.363 e. The molecule has 0 atom stereocenters. The number of fused-ring (bicyclic) bond motifs is 1. The van der Waals surface area contributed by atoms with Crippen LogP contribution in [0.3, 0.4) is 0 Å². The minimum absolute atomic E-state index is 0.322. The molecule has 2 heterocycles. The van der Waals surface area contributed by atoms with Gasteiger partial charge in [-0.25, -0.2) is 9.79 Å². The molecule has 3 aromatic rings. The van der Waals surface area contributed by atoms with Gasteiger partial charge in [-0.05, 0) is 57.0 Å². The molecule has 0 fully saturated rings. The molecule has 3 nitrogen and oxygen atoms in total. The second-order valence-corrected chi connectivity index (χ2v) is 7.53. The summed E-state index contributed by atoms with van der Waals surface area (Å²) in [4.78, 5) is 17.3. The highest BCUT2D eigenvalue weighted by atomic mass is 79.9. The maximum atomic E-state index is 12.0. The Morgan fingerprint density at radius 1 is 1.04 bits per heavy atom. The molecular formula is C18H10BrNO2S. The van der Waals surface area contributed by atoms with Crippen LogP contribution in [0.1, 0.15) is 10.4 Å². The molecule has 0 bridgehead atoms. The zero-order valence-electron chi connectivity index (χ0n) is 11.8. The van der Waals surface area contributed by atoms with Crippen molar-refractivity contribution in [2.75, 3.05) is 0 Å². The second-order valence-electron chi connectivity index (χ2n) is 5.04. The van der Waals surface area contributed by atoms with Crippen molar-refractivity contribution in [1.82, 2.24) is 0 Å². The van der Waals surface area contributed by atoms with Gasteiger partial charge in [0, 0.05) is 10.4 Å². The van der Waals surface area contributed by atoms with Gasteiger partial charge >= 0.3 is 5.97 Å². The van der Waals surface area contributed by atoms with Crippen molar-refractivity contribution in [3.8, 4) is 0 Å². The molecule has 1 aliphatic heterocycles. The largest absolute Gasteiger partial charge is 0.402 e. The lowest BCUT2D eigenvalue weighted by Crippen LogP contribution is -2.05. The predicted octanol–water partition coefficient (Wildman–Crippen LogP) is 5.01. The minimum Gasteiger partial charge on any atom is -0.402 e. The lowest BCUT2D eigenvalue weighted by molar-refractivity contribution is -0.129. The van der Waals surface area contributed by atoms with Gasteiger partial charge in [0.2, 0.25) is 5.90 Å². The van der Waals surface area contributed by atoms with E-state index in [4.69, 9.17) is 4.74 Å². The molecule has 112 valence electrons. The summed E-state index contributed by atoms with van der Waals surface area (Å²) in [5, 5.41) is 2.23. The molecule has 1 aromatic heterocycles. The molecule has 0 radical (unpaired) electrons. The van der Waals surface area contributed by atoms with Crippen molar-refractivity contribution in [2.24, 2.45) is 4.99 Å². The molecule has 0 unspecified atom stereocenters. The van der Waals surface area contributed by atoms with Crippen LogP contribution >= 0.6 is 27.3 Å². The Morgan fingerprint density at radius 2 is 1.87 bits per heavy atom. The van der Waals surface area contributed by atoms with Crippen LogP contribution in [0.2, 0.25) is 0 Å². The van der Waals surface area contributed by atoms with E-state index in [1.807, 2.05) is 54.6 Å². The number of cyclic esters (lactones) is 1. The molecule has 0 N–H and O–H groups in total. The van der Waals surface area contributed by atoms with Crippen molar-refractivity contribution in [1.29, 1.82) is 0 Å². The fourth-order valence-electron chi connectivity index (χ4n) is 2.40. The van der Waals surface area contributed by atoms with Crippen LogP contribution < -0.4 is 0 Å². The zero-order chi connectivity index (χ0) is 15.8. The number of hydrogen-bond acceptors (Lipinski definition) is 4. The molecule has 0 aliphatic carbocycles. The maximum absolute atomic E-state index is 12.0. The summed E-state index contributed by atoms with van der Waals surface area (Å²) in [6, 6.07) is 17.8. The maximum Gasteiger partial charge on any atom is 0.363 e. The van der Waals surface area contributed by atoms with Crippen LogP contribution in [0.4, 0.5) is 0 Å². The summed E-state index contributed by atoms with van der Waals surface area (Å²) >= 11 is 4.94. The molecule has 23 heavy (non-hydrogen) atoms. The number of ether oxygens (including phenoxy) is 1. The van der Waals surface area contributed by atoms with Gasteiger partial charge in [-0.1, -0.05) is 30.3 Å². The van der Waals surface area contributed by atoms with E-state index in [9.17, 15) is 4.79 Å². The lowest BCUT2D eigenvalue weighted by atomic mass is 10.1. The Labute approximate surface area is 145 Å². The number of carbonyl (C=O) groups excluding carboxylic acids is 1. The van der Waals surface area contributed by atoms with Gasteiger partial charge in [0.1, 0.15) is 0 Å². The van der Waals surface area contributed by atoms with Crippen molar-refractivity contribution < 1.29 is 9.53 Å². The van der Waals surface area contributed by atoms with Crippen molar-refractivity contribution >= 4 is 56.0 Å². The highest BCUT2D eigenvalue weighted by molar-refractivity contribution is 9.11. The van der Waals surface area contributed by atoms with E-state index in [-0.39, 0.29) is 0 Å². The summed E-state index contributed by atoms with van der Waals surface area (Å²) < 4.78 is 6.33. The van der Waals surface area contributed by atoms with Crippen molar-refractivity contribution in [3.63, 3.8) is 0 Å². The summed E-state index contributed by atoms with van der Waals surface area (Å²) in [6.45, 7) is 0. The van der Waals surface area contributed by atoms with E-state index >= 15 is 0 Å². The summed E-state index contributed by atoms with van der Waals surface area (Å²) in [5.74, 6) is -0.0692. The van der Waals surface area contributed by atoms with Gasteiger partial charge in [0.15, 0.2) is 5.70 Å². The van der Waals surface area contributed by atoms with E-state index in [0.29, 0.717) is 11.6 Å². The normalized spacial score (nSPS) is 16.0. The first-order valence-corrected chi connectivity index (χ1v) is 8.57. The Hall–Kier alpha value is -2.24. The third-order valence-corrected chi connectivity index (χ3v) is 5.06. The third kappa shape index (κ3) is 2.85. The summed E-state index contributed by atoms with van der Waals surface area (Å²) in [7, 11) is 0. The Morgan fingerprint density at radius 3 is 2.65 bits per heavy atom. The van der Waals surface area contributed by atoms with E-state index < -0.39 is 5.97 Å². The number of nitrogens with zero attached hydrogens (tertiary/aromatic N) is 1. The number of carbonyl (C=O) groups is 1. The molecular weight excluding hydrogens is 374 g/mol. The number of esters is 1. The highest BCUT2D eigenvalue weighted by Gasteiger charge is 2.24. The van der Waals surface area contributed by atoms with Crippen LogP contribution in [0.15, 0.2) is 69.1 Å². The average molecular weight is 384 g/mol. The van der Waals surface area contributed by atoms with Gasteiger partial charge in [-0.15, -0.1) is 11.3 Å². The number of benzene rings is 2. The minimum atomic E-state index is -0.419. The van der Waals surface area contributed by atoms with Crippen LogP contribution in [-0.2, 0) is 9.53 Å². The van der Waals surface area contributed by atoms with Gasteiger partial charge in [-0.2, -0.15) is 0 Å². The monoisotopic (exact) mass is 383 g/mol. The molecule has 0 spiro atoms. The first-order chi connectivity index (χ1) is 11.2. The standard InChI is InChI=1S/C18H10BrNO2S/c19-16-8-7-14(23-16)10-15-18(21)22-17(20-15)13-6-5-11-3-1-2-4-12(11)9-13/h1-10H/b15-10-. The van der Waals surface area contributed by atoms with Gasteiger partial charge in [0.05, 0.1) is 3.79 Å². The number of rotatable bonds is 2. The van der Waals surface area contributed by atoms with Gasteiger partial charge < -0.3 is 4.74 Å². The average Bonchev–Trinajstić information content (AvgIpc) is 3.13. The Bertz CT molecular complexity index is 987. The van der Waals surface area contributed by atoms with Gasteiger partial charge in [0.25, 0.3) is 0 Å². The fourth-order valence-corrected chi connectivity index (χ4v) is 3.76. The summed E-state index contributed by atoms with van der Waals surface area (Å²) in [5.41, 5.74) is 1.12. The fraction of sp³-hybridized carbons (Fsp3) is 0. The molecule has 2 aromatic carbocycles. The van der Waals surface area contributed by atoms with Gasteiger partial charge in [-0.3, -0.25) is 0 Å². The Balaban J connectivity index is 1.72. The predicted molar refractivity (Wildman–Crippen MR) is 96.6 cm³/mol. The first-order valence-electron chi connectivity index (χ1n) is 6.96. The van der Waals surface area contributed by atoms with Crippen molar-refractivity contribution in [3.05, 3.63) is 74.5 Å². The molecule has 0 amide bonds. The van der Waals surface area contributed by atoms with E-state index in [1.165, 1.54) is 11.3 Å². The lowest BCUT2D eigenvalue weighted by Gasteiger charge is -2.02. The zero-order valence-corrected chi connectivity index (χ0v) is 14.2. The molecule has 4 rings (SSSR count). The highest BCUT2D eigenvalue weighted by Crippen LogP contribution is 2.27. The van der Waals surface area contributed by atoms with E-state index in [0.717, 1.165) is 25.0 Å². The molecule has 0 saturated heterocycles. The number of aliphatic imine (C=N–C) groups is 1. The van der Waals surface area contributed by atoms with E-state index in [1.54, 1.807) is 6.08 Å². The first kappa shape index (κ1) is 14.4. The molecule has 5 heteroatoms. The number of thiophene rings is 1. The van der Waals surface area contributed by atoms with Crippen LogP contribution in [0.25, 0.3) is 16.8 Å². The van der Waals surface area contributed by atoms with Crippen LogP contribution in [0, 0.1) is 0 Å². The van der Waals surface area contributed by atoms with Crippen LogP contribution in [0.5, 0.6) is 0 Å². The molecule has 1 aliphatic rings. The number of hydrogen-bond donors (Lipinski definition) is 0. The quantitative estimate of drug-likeness (QED) is 0.460. The van der Waals surface area contributed by atoms with Crippen molar-refractivity contribution in [2.45, 2.75) is 0 Å². The second kappa shape index (κ2) is 5.76. The third-order valence-electron chi connectivity index (χ3n) is 3.49. The Kier molecular flexibility index (Phi) is 3.59. The topological polar surface area (TPSA) is 38.7 Å². The van der Waals surface area contributed by atoms with E-state index in [2.05, 4.69) is 20.9 Å². The SMILES string of the molecule is O=C1OC(c2ccc3ccccc3c2)=N/C1=C\c1ccc(Br)s1. The molecule has 0 saturated carbocycles. The van der Waals surface area contributed by atoms with Crippen LogP contribution in [-0.4, -0.2) is 11.9 Å².